The molecule has 2 N–H and O–H groups in total. The average Bonchev–Trinajstić information content (AvgIpc) is 2.81. The van der Waals surface area contributed by atoms with Crippen LogP contribution in [0.5, 0.6) is 0 Å². The molecule has 4 heteroatoms. The maximum Gasteiger partial charge on any atom is 0.315 e. The van der Waals surface area contributed by atoms with Crippen LogP contribution in [0.1, 0.15) is 31.2 Å². The van der Waals surface area contributed by atoms with E-state index in [-0.39, 0.29) is 24.4 Å². The molecule has 0 aliphatic heterocycles. The SMILES string of the molecule is O=C(NCc1ccccc1F)NC1CCCC1. The fourth-order valence-corrected chi connectivity index (χ4v) is 2.12. The quantitative estimate of drug-likeness (QED) is 0.832. The molecule has 0 bridgehead atoms. The van der Waals surface area contributed by atoms with Crippen LogP contribution in [0.25, 0.3) is 0 Å². The zero-order chi connectivity index (χ0) is 12.1. The molecule has 0 radical (unpaired) electrons. The Balaban J connectivity index is 1.77. The van der Waals surface area contributed by atoms with Gasteiger partial charge >= 0.3 is 6.03 Å². The van der Waals surface area contributed by atoms with Crippen LogP contribution < -0.4 is 10.6 Å². The summed E-state index contributed by atoms with van der Waals surface area (Å²) in [5.74, 6) is -0.284. The molecule has 1 aromatic carbocycles. The highest BCUT2D eigenvalue weighted by atomic mass is 19.1. The lowest BCUT2D eigenvalue weighted by atomic mass is 10.2. The molecule has 1 aliphatic rings. The van der Waals surface area contributed by atoms with Crippen molar-refractivity contribution in [1.29, 1.82) is 0 Å². The summed E-state index contributed by atoms with van der Waals surface area (Å²) in [5, 5.41) is 5.57. The summed E-state index contributed by atoms with van der Waals surface area (Å²) in [6, 6.07) is 6.54. The Hall–Kier alpha value is -1.58. The van der Waals surface area contributed by atoms with Crippen molar-refractivity contribution in [3.05, 3.63) is 35.6 Å². The van der Waals surface area contributed by atoms with Crippen molar-refractivity contribution in [2.75, 3.05) is 0 Å². The van der Waals surface area contributed by atoms with E-state index in [4.69, 9.17) is 0 Å². The Kier molecular flexibility index (Phi) is 3.96. The third-order valence-corrected chi connectivity index (χ3v) is 3.09. The molecule has 1 fully saturated rings. The lowest BCUT2D eigenvalue weighted by Gasteiger charge is -2.13. The molecule has 92 valence electrons. The molecule has 1 aromatic rings. The molecule has 2 rings (SSSR count). The number of nitrogens with one attached hydrogen (secondary N) is 2. The summed E-state index contributed by atoms with van der Waals surface area (Å²) in [6.45, 7) is 0.227. The zero-order valence-corrected chi connectivity index (χ0v) is 9.71. The Morgan fingerprint density at radius 3 is 2.71 bits per heavy atom. The van der Waals surface area contributed by atoms with Crippen molar-refractivity contribution in [2.45, 2.75) is 38.3 Å². The van der Waals surface area contributed by atoms with Crippen LogP contribution in [0.2, 0.25) is 0 Å². The summed E-state index contributed by atoms with van der Waals surface area (Å²) in [5.41, 5.74) is 0.508. The van der Waals surface area contributed by atoms with Gasteiger partial charge in [0.2, 0.25) is 0 Å². The fourth-order valence-electron chi connectivity index (χ4n) is 2.12. The monoisotopic (exact) mass is 236 g/mol. The van der Waals surface area contributed by atoms with Gasteiger partial charge in [-0.15, -0.1) is 0 Å². The van der Waals surface area contributed by atoms with Crippen LogP contribution in [-0.4, -0.2) is 12.1 Å². The highest BCUT2D eigenvalue weighted by Gasteiger charge is 2.16. The highest BCUT2D eigenvalue weighted by molar-refractivity contribution is 5.74. The van der Waals surface area contributed by atoms with Crippen molar-refractivity contribution >= 4 is 6.03 Å². The predicted molar refractivity (Wildman–Crippen MR) is 64.0 cm³/mol. The van der Waals surface area contributed by atoms with Crippen molar-refractivity contribution in [3.63, 3.8) is 0 Å². The molecular weight excluding hydrogens is 219 g/mol. The van der Waals surface area contributed by atoms with Crippen molar-refractivity contribution in [2.24, 2.45) is 0 Å². The highest BCUT2D eigenvalue weighted by Crippen LogP contribution is 2.17. The molecule has 0 unspecified atom stereocenters. The number of carbonyl (C=O) groups excluding carboxylic acids is 1. The molecule has 0 spiro atoms. The summed E-state index contributed by atoms with van der Waals surface area (Å²) < 4.78 is 13.3. The average molecular weight is 236 g/mol. The summed E-state index contributed by atoms with van der Waals surface area (Å²) in [4.78, 5) is 11.5. The van der Waals surface area contributed by atoms with Gasteiger partial charge in [-0.25, -0.2) is 9.18 Å². The van der Waals surface area contributed by atoms with E-state index < -0.39 is 0 Å². The Morgan fingerprint density at radius 1 is 1.29 bits per heavy atom. The van der Waals surface area contributed by atoms with E-state index >= 15 is 0 Å². The molecule has 17 heavy (non-hydrogen) atoms. The number of amides is 2. The largest absolute Gasteiger partial charge is 0.335 e. The minimum atomic E-state index is -0.284. The minimum Gasteiger partial charge on any atom is -0.335 e. The van der Waals surface area contributed by atoms with Crippen molar-refractivity contribution < 1.29 is 9.18 Å². The van der Waals surface area contributed by atoms with E-state index in [0.29, 0.717) is 5.56 Å². The first-order valence-corrected chi connectivity index (χ1v) is 6.03. The van der Waals surface area contributed by atoms with Crippen LogP contribution >= 0.6 is 0 Å². The Morgan fingerprint density at radius 2 is 2.00 bits per heavy atom. The molecule has 1 saturated carbocycles. The number of benzene rings is 1. The maximum atomic E-state index is 13.3. The topological polar surface area (TPSA) is 41.1 Å². The maximum absolute atomic E-state index is 13.3. The van der Waals surface area contributed by atoms with Crippen LogP contribution in [0, 0.1) is 5.82 Å². The van der Waals surface area contributed by atoms with Gasteiger partial charge in [0.05, 0.1) is 0 Å². The van der Waals surface area contributed by atoms with Gasteiger partial charge in [0.25, 0.3) is 0 Å². The minimum absolute atomic E-state index is 0.208. The zero-order valence-electron chi connectivity index (χ0n) is 9.71. The van der Waals surface area contributed by atoms with Crippen molar-refractivity contribution in [1.82, 2.24) is 10.6 Å². The number of carbonyl (C=O) groups is 1. The van der Waals surface area contributed by atoms with Crippen molar-refractivity contribution in [3.8, 4) is 0 Å². The number of urea groups is 1. The number of hydrogen-bond donors (Lipinski definition) is 2. The lowest BCUT2D eigenvalue weighted by molar-refractivity contribution is 0.236. The van der Waals surface area contributed by atoms with Gasteiger partial charge in [0.1, 0.15) is 5.82 Å². The van der Waals surface area contributed by atoms with E-state index in [1.807, 2.05) is 0 Å². The fraction of sp³-hybridized carbons (Fsp3) is 0.462. The predicted octanol–water partition coefficient (Wildman–Crippen LogP) is 2.57. The molecule has 0 aromatic heterocycles. The second kappa shape index (κ2) is 5.66. The number of halogens is 1. The van der Waals surface area contributed by atoms with Gasteiger partial charge in [-0.05, 0) is 18.9 Å². The Bertz CT molecular complexity index is 389. The van der Waals surface area contributed by atoms with E-state index in [9.17, 15) is 9.18 Å². The van der Waals surface area contributed by atoms with Gasteiger partial charge in [0, 0.05) is 18.2 Å². The lowest BCUT2D eigenvalue weighted by Crippen LogP contribution is -2.40. The molecule has 2 amide bonds. The molecule has 0 heterocycles. The van der Waals surface area contributed by atoms with E-state index in [1.165, 1.54) is 18.9 Å². The van der Waals surface area contributed by atoms with E-state index in [1.54, 1.807) is 18.2 Å². The van der Waals surface area contributed by atoms with Gasteiger partial charge in [0.15, 0.2) is 0 Å². The van der Waals surface area contributed by atoms with Gasteiger partial charge in [-0.2, -0.15) is 0 Å². The first-order chi connectivity index (χ1) is 8.25. The molecule has 0 saturated heterocycles. The van der Waals surface area contributed by atoms with Crippen LogP contribution in [0.15, 0.2) is 24.3 Å². The van der Waals surface area contributed by atoms with E-state index in [2.05, 4.69) is 10.6 Å². The van der Waals surface area contributed by atoms with Gasteiger partial charge in [-0.1, -0.05) is 31.0 Å². The molecule has 0 atom stereocenters. The molecule has 1 aliphatic carbocycles. The summed E-state index contributed by atoms with van der Waals surface area (Å²) in [7, 11) is 0. The van der Waals surface area contributed by atoms with Crippen LogP contribution in [0.3, 0.4) is 0 Å². The van der Waals surface area contributed by atoms with Gasteiger partial charge in [-0.3, -0.25) is 0 Å². The number of hydrogen-bond acceptors (Lipinski definition) is 1. The third-order valence-electron chi connectivity index (χ3n) is 3.09. The second-order valence-corrected chi connectivity index (χ2v) is 4.40. The van der Waals surface area contributed by atoms with Crippen LogP contribution in [0.4, 0.5) is 9.18 Å². The second-order valence-electron chi connectivity index (χ2n) is 4.40. The normalized spacial score (nSPS) is 15.8. The number of rotatable bonds is 3. The van der Waals surface area contributed by atoms with Gasteiger partial charge < -0.3 is 10.6 Å². The first kappa shape index (κ1) is 11.9. The van der Waals surface area contributed by atoms with Crippen LogP contribution in [-0.2, 0) is 6.54 Å². The molecule has 3 nitrogen and oxygen atoms in total. The molecular formula is C13H17FN2O. The Labute approximate surface area is 100 Å². The smallest absolute Gasteiger partial charge is 0.315 e. The summed E-state index contributed by atoms with van der Waals surface area (Å²) >= 11 is 0. The first-order valence-electron chi connectivity index (χ1n) is 6.03. The summed E-state index contributed by atoms with van der Waals surface area (Å²) in [6.07, 6.45) is 4.46. The standard InChI is InChI=1S/C13H17FN2O/c14-12-8-4-1-5-10(12)9-15-13(17)16-11-6-2-3-7-11/h1,4-5,8,11H,2-3,6-7,9H2,(H2,15,16,17). The van der Waals surface area contributed by atoms with E-state index in [0.717, 1.165) is 12.8 Å². The third kappa shape index (κ3) is 3.44.